The van der Waals surface area contributed by atoms with Gasteiger partial charge >= 0.3 is 11.9 Å². The quantitative estimate of drug-likeness (QED) is 0.358. The van der Waals surface area contributed by atoms with Crippen molar-refractivity contribution in [3.8, 4) is 0 Å². The third-order valence-electron chi connectivity index (χ3n) is 7.79. The molecule has 9 heteroatoms. The molecule has 1 N–H and O–H groups in total. The van der Waals surface area contributed by atoms with Crippen LogP contribution in [0.2, 0.25) is 0 Å². The number of carbonyl (C=O) groups is 4. The summed E-state index contributed by atoms with van der Waals surface area (Å²) in [4.78, 5) is 51.3. The van der Waals surface area contributed by atoms with Gasteiger partial charge in [-0.2, -0.15) is 0 Å². The van der Waals surface area contributed by atoms with Crippen LogP contribution in [-0.4, -0.2) is 63.7 Å². The SMILES string of the molecule is CC(=O)O[C@H]1[C@@H]2[C@H]3O[C@@H]3C(=O)[C@@](C)(O)C[C@H](C)C(=O)C3=C4O[C@@]1(C)[C@@H](C)C[C@@]42OC3=O. The molecule has 9 atom stereocenters. The van der Waals surface area contributed by atoms with E-state index in [4.69, 9.17) is 18.9 Å². The van der Waals surface area contributed by atoms with Gasteiger partial charge in [-0.15, -0.1) is 0 Å². The van der Waals surface area contributed by atoms with Gasteiger partial charge in [-0.25, -0.2) is 4.79 Å². The number of epoxide rings is 1. The predicted octanol–water partition coefficient (Wildman–Crippen LogP) is 0.609. The van der Waals surface area contributed by atoms with Gasteiger partial charge in [0.15, 0.2) is 29.0 Å². The summed E-state index contributed by atoms with van der Waals surface area (Å²) in [6.07, 6.45) is -2.39. The van der Waals surface area contributed by atoms with Crippen molar-refractivity contribution in [2.75, 3.05) is 0 Å². The molecule has 4 aliphatic heterocycles. The highest BCUT2D eigenvalue weighted by Crippen LogP contribution is 2.64. The Morgan fingerprint density at radius 1 is 1.13 bits per heavy atom. The molecule has 6 rings (SSSR count). The predicted molar refractivity (Wildman–Crippen MR) is 101 cm³/mol. The lowest BCUT2D eigenvalue weighted by atomic mass is 9.57. The fourth-order valence-corrected chi connectivity index (χ4v) is 6.08. The van der Waals surface area contributed by atoms with Gasteiger partial charge in [0.05, 0.1) is 5.92 Å². The lowest BCUT2D eigenvalue weighted by molar-refractivity contribution is -0.279. The van der Waals surface area contributed by atoms with Gasteiger partial charge in [0.2, 0.25) is 0 Å². The molecule has 5 bridgehead atoms. The van der Waals surface area contributed by atoms with Gasteiger partial charge in [-0.3, -0.25) is 14.4 Å². The first-order valence-corrected chi connectivity index (χ1v) is 10.6. The molecular weight excluding hydrogens is 408 g/mol. The third kappa shape index (κ3) is 2.50. The summed E-state index contributed by atoms with van der Waals surface area (Å²) in [6, 6.07) is 0. The third-order valence-corrected chi connectivity index (χ3v) is 7.79. The first-order chi connectivity index (χ1) is 14.3. The molecule has 0 aromatic heterocycles. The minimum absolute atomic E-state index is 0.145. The Morgan fingerprint density at radius 3 is 2.45 bits per heavy atom. The molecule has 0 aromatic carbocycles. The molecule has 3 saturated heterocycles. The molecule has 0 amide bonds. The number of carbonyl (C=O) groups excluding carboxylic acids is 4. The number of Topliss-reactive ketones (excluding diaryl/α,β-unsaturated/α-hetero) is 2. The highest BCUT2D eigenvalue weighted by Gasteiger charge is 2.78. The van der Waals surface area contributed by atoms with E-state index >= 15 is 0 Å². The van der Waals surface area contributed by atoms with Crippen LogP contribution >= 0.6 is 0 Å². The van der Waals surface area contributed by atoms with Gasteiger partial charge < -0.3 is 24.1 Å². The fraction of sp³-hybridized carbons (Fsp3) is 0.727. The Balaban J connectivity index is 1.74. The van der Waals surface area contributed by atoms with Crippen LogP contribution in [0.5, 0.6) is 0 Å². The molecule has 4 heterocycles. The summed E-state index contributed by atoms with van der Waals surface area (Å²) < 4.78 is 23.6. The number of hydrogen-bond donors (Lipinski definition) is 1. The Labute approximate surface area is 179 Å². The standard InChI is InChI=1S/C22H26O9/c1-8-6-20(4,27)16(25)15-14(29-15)12-18(28-10(3)23)21(5)9(2)7-22(12)17(30-21)11(13(8)24)19(26)31-22/h8-9,12,14-15,18,27H,6-7H2,1-5H3/t8-,9-,12-,14+,15-,18-,20-,21-,22-/m0/s1. The molecule has 9 nitrogen and oxygen atoms in total. The molecule has 2 aliphatic carbocycles. The van der Waals surface area contributed by atoms with E-state index in [0.29, 0.717) is 6.42 Å². The van der Waals surface area contributed by atoms with Gasteiger partial charge in [0.1, 0.15) is 29.0 Å². The van der Waals surface area contributed by atoms with E-state index in [9.17, 15) is 24.3 Å². The first kappa shape index (κ1) is 20.6. The highest BCUT2D eigenvalue weighted by atomic mass is 16.6. The summed E-state index contributed by atoms with van der Waals surface area (Å²) in [6.45, 7) is 7.86. The van der Waals surface area contributed by atoms with Gasteiger partial charge in [0, 0.05) is 25.2 Å². The van der Waals surface area contributed by atoms with Crippen molar-refractivity contribution in [1.29, 1.82) is 0 Å². The maximum Gasteiger partial charge on any atom is 0.346 e. The van der Waals surface area contributed by atoms with E-state index < -0.39 is 70.5 Å². The second-order valence-corrected chi connectivity index (χ2v) is 10.1. The van der Waals surface area contributed by atoms with Gasteiger partial charge in [0.25, 0.3) is 0 Å². The lowest BCUT2D eigenvalue weighted by Gasteiger charge is -2.60. The number of hydrogen-bond acceptors (Lipinski definition) is 9. The van der Waals surface area contributed by atoms with Crippen LogP contribution in [0, 0.1) is 17.8 Å². The zero-order chi connectivity index (χ0) is 22.7. The monoisotopic (exact) mass is 434 g/mol. The van der Waals surface area contributed by atoms with Crippen LogP contribution in [0.1, 0.15) is 47.5 Å². The van der Waals surface area contributed by atoms with Crippen LogP contribution in [-0.2, 0) is 38.1 Å². The van der Waals surface area contributed by atoms with E-state index in [-0.39, 0.29) is 23.7 Å². The molecule has 1 saturated carbocycles. The molecule has 0 radical (unpaired) electrons. The van der Waals surface area contributed by atoms with Crippen molar-refractivity contribution < 1.29 is 43.2 Å². The highest BCUT2D eigenvalue weighted by molar-refractivity contribution is 6.20. The van der Waals surface area contributed by atoms with Crippen molar-refractivity contribution in [2.24, 2.45) is 17.8 Å². The molecular formula is C22H26O9. The Bertz CT molecular complexity index is 964. The number of ether oxygens (including phenoxy) is 4. The average Bonchev–Trinajstić information content (AvgIpc) is 3.36. The number of aliphatic hydroxyl groups is 1. The van der Waals surface area contributed by atoms with Crippen LogP contribution in [0.3, 0.4) is 0 Å². The number of rotatable bonds is 1. The Morgan fingerprint density at radius 2 is 1.81 bits per heavy atom. The summed E-state index contributed by atoms with van der Waals surface area (Å²) in [5.41, 5.74) is -4.41. The van der Waals surface area contributed by atoms with Crippen molar-refractivity contribution in [1.82, 2.24) is 0 Å². The average molecular weight is 434 g/mol. The van der Waals surface area contributed by atoms with E-state index in [1.54, 1.807) is 13.8 Å². The molecule has 1 spiro atoms. The Hall–Kier alpha value is -2.26. The smallest absolute Gasteiger partial charge is 0.346 e. The lowest BCUT2D eigenvalue weighted by Crippen LogP contribution is -2.71. The van der Waals surface area contributed by atoms with Crippen LogP contribution < -0.4 is 0 Å². The zero-order valence-corrected chi connectivity index (χ0v) is 18.1. The molecule has 0 unspecified atom stereocenters. The zero-order valence-electron chi connectivity index (χ0n) is 18.1. The van der Waals surface area contributed by atoms with Crippen molar-refractivity contribution in [2.45, 2.75) is 82.6 Å². The van der Waals surface area contributed by atoms with Crippen LogP contribution in [0.4, 0.5) is 0 Å². The van der Waals surface area contributed by atoms with E-state index in [2.05, 4.69) is 0 Å². The van der Waals surface area contributed by atoms with Crippen molar-refractivity contribution >= 4 is 23.5 Å². The minimum atomic E-state index is -1.81. The first-order valence-electron chi connectivity index (χ1n) is 10.6. The number of esters is 2. The molecule has 31 heavy (non-hydrogen) atoms. The topological polar surface area (TPSA) is 129 Å². The van der Waals surface area contributed by atoms with Gasteiger partial charge in [-0.05, 0) is 20.3 Å². The molecule has 0 aromatic rings. The maximum absolute atomic E-state index is 13.3. The van der Waals surface area contributed by atoms with Crippen LogP contribution in [0.15, 0.2) is 11.3 Å². The summed E-state index contributed by atoms with van der Waals surface area (Å²) in [5, 5.41) is 10.8. The normalized spacial score (nSPS) is 50.3. The molecule has 168 valence electrons. The van der Waals surface area contributed by atoms with Gasteiger partial charge in [-0.1, -0.05) is 13.8 Å². The molecule has 6 aliphatic rings. The van der Waals surface area contributed by atoms with E-state index in [1.165, 1.54) is 13.8 Å². The van der Waals surface area contributed by atoms with E-state index in [1.807, 2.05) is 6.92 Å². The number of fused-ring (bicyclic) bond motifs is 2. The second-order valence-electron chi connectivity index (χ2n) is 10.1. The Kier molecular flexibility index (Phi) is 3.96. The summed E-state index contributed by atoms with van der Waals surface area (Å²) in [7, 11) is 0. The number of ketones is 2. The van der Waals surface area contributed by atoms with Crippen LogP contribution in [0.25, 0.3) is 0 Å². The minimum Gasteiger partial charge on any atom is -0.482 e. The van der Waals surface area contributed by atoms with E-state index in [0.717, 1.165) is 0 Å². The maximum atomic E-state index is 13.3. The molecule has 4 fully saturated rings. The van der Waals surface area contributed by atoms with Crippen molar-refractivity contribution in [3.63, 3.8) is 0 Å². The van der Waals surface area contributed by atoms with Crippen molar-refractivity contribution in [3.05, 3.63) is 11.3 Å². The summed E-state index contributed by atoms with van der Waals surface area (Å²) >= 11 is 0. The summed E-state index contributed by atoms with van der Waals surface area (Å²) in [5.74, 6) is -4.01. The second kappa shape index (κ2) is 5.95. The fourth-order valence-electron chi connectivity index (χ4n) is 6.08. The largest absolute Gasteiger partial charge is 0.482 e.